The zero-order chi connectivity index (χ0) is 14.0. The van der Waals surface area contributed by atoms with Crippen LogP contribution in [-0.2, 0) is 0 Å². The Morgan fingerprint density at radius 3 is 2.68 bits per heavy atom. The summed E-state index contributed by atoms with van der Waals surface area (Å²) in [4.78, 5) is 15.3. The molecule has 0 saturated carbocycles. The number of carbonyl (C=O) groups is 1. The molecule has 5 N–H and O–H groups in total. The predicted octanol–water partition coefficient (Wildman–Crippen LogP) is 2.81. The Hall–Kier alpha value is -1.98. The summed E-state index contributed by atoms with van der Waals surface area (Å²) in [6.45, 7) is 0. The minimum absolute atomic E-state index is 0.205. The fourth-order valence-electron chi connectivity index (χ4n) is 1.52. The molecule has 2 rings (SSSR count). The lowest BCUT2D eigenvalue weighted by molar-refractivity contribution is 0.100. The second-order valence-corrected chi connectivity index (χ2v) is 4.53. The Morgan fingerprint density at radius 2 is 2.00 bits per heavy atom. The van der Waals surface area contributed by atoms with Gasteiger partial charge in [-0.25, -0.2) is 4.98 Å². The SMILES string of the molecule is NC(=O)c1cc(N)ncc1Nc1cccc(Cl)c1Cl. The van der Waals surface area contributed by atoms with Crippen LogP contribution >= 0.6 is 23.2 Å². The summed E-state index contributed by atoms with van der Waals surface area (Å²) >= 11 is 12.0. The van der Waals surface area contributed by atoms with Gasteiger partial charge in [-0.1, -0.05) is 29.3 Å². The number of halogens is 2. The summed E-state index contributed by atoms with van der Waals surface area (Å²) in [5.74, 6) is -0.411. The van der Waals surface area contributed by atoms with Crippen molar-refractivity contribution in [2.45, 2.75) is 0 Å². The van der Waals surface area contributed by atoms with Gasteiger partial charge in [0.1, 0.15) is 5.82 Å². The molecule has 2 aromatic rings. The molecule has 0 spiro atoms. The summed E-state index contributed by atoms with van der Waals surface area (Å²) in [5.41, 5.74) is 12.0. The number of aromatic nitrogens is 1. The minimum atomic E-state index is -0.616. The van der Waals surface area contributed by atoms with Gasteiger partial charge in [0.05, 0.1) is 33.2 Å². The van der Waals surface area contributed by atoms with E-state index in [1.54, 1.807) is 18.2 Å². The van der Waals surface area contributed by atoms with Crippen LogP contribution in [0.3, 0.4) is 0 Å². The predicted molar refractivity (Wildman–Crippen MR) is 76.9 cm³/mol. The maximum Gasteiger partial charge on any atom is 0.251 e. The molecular weight excluding hydrogens is 287 g/mol. The van der Waals surface area contributed by atoms with Crippen LogP contribution in [0.1, 0.15) is 10.4 Å². The molecule has 5 nitrogen and oxygen atoms in total. The van der Waals surface area contributed by atoms with Gasteiger partial charge in [-0.3, -0.25) is 4.79 Å². The molecule has 1 heterocycles. The molecule has 1 aromatic carbocycles. The lowest BCUT2D eigenvalue weighted by Gasteiger charge is -2.12. The highest BCUT2D eigenvalue weighted by molar-refractivity contribution is 6.43. The number of pyridine rings is 1. The van der Waals surface area contributed by atoms with Gasteiger partial charge in [0.25, 0.3) is 5.91 Å². The first-order valence-electron chi connectivity index (χ1n) is 5.25. The molecule has 0 saturated heterocycles. The third-order valence-electron chi connectivity index (χ3n) is 2.41. The van der Waals surface area contributed by atoms with Crippen LogP contribution in [0.4, 0.5) is 17.2 Å². The van der Waals surface area contributed by atoms with Crippen LogP contribution < -0.4 is 16.8 Å². The average Bonchev–Trinajstić information content (AvgIpc) is 2.36. The maximum absolute atomic E-state index is 11.4. The van der Waals surface area contributed by atoms with Crippen LogP contribution in [0.15, 0.2) is 30.5 Å². The standard InChI is InChI=1S/C12H10Cl2N4O/c13-7-2-1-3-8(11(7)14)18-9-5-17-10(15)4-6(9)12(16)19/h1-5,18H,(H2,15,17)(H2,16,19). The second kappa shape index (κ2) is 5.34. The van der Waals surface area contributed by atoms with Crippen molar-refractivity contribution in [3.05, 3.63) is 46.1 Å². The van der Waals surface area contributed by atoms with Gasteiger partial charge in [0.15, 0.2) is 0 Å². The average molecular weight is 297 g/mol. The summed E-state index contributed by atoms with van der Waals surface area (Å²) in [7, 11) is 0. The van der Waals surface area contributed by atoms with E-state index in [1.165, 1.54) is 12.3 Å². The number of rotatable bonds is 3. The summed E-state index contributed by atoms with van der Waals surface area (Å²) < 4.78 is 0. The topological polar surface area (TPSA) is 94.0 Å². The lowest BCUT2D eigenvalue weighted by Crippen LogP contribution is -2.14. The van der Waals surface area contributed by atoms with E-state index >= 15 is 0 Å². The molecular formula is C12H10Cl2N4O. The van der Waals surface area contributed by atoms with Gasteiger partial charge in [-0.2, -0.15) is 0 Å². The van der Waals surface area contributed by atoms with E-state index in [2.05, 4.69) is 10.3 Å². The van der Waals surface area contributed by atoms with E-state index in [-0.39, 0.29) is 11.4 Å². The Kier molecular flexibility index (Phi) is 3.78. The van der Waals surface area contributed by atoms with Crippen LogP contribution in [0.2, 0.25) is 10.0 Å². The van der Waals surface area contributed by atoms with Crippen molar-refractivity contribution in [3.63, 3.8) is 0 Å². The van der Waals surface area contributed by atoms with Crippen molar-refractivity contribution in [2.75, 3.05) is 11.1 Å². The zero-order valence-corrected chi connectivity index (χ0v) is 11.2. The summed E-state index contributed by atoms with van der Waals surface area (Å²) in [6.07, 6.45) is 1.41. The molecule has 0 bridgehead atoms. The first kappa shape index (κ1) is 13.5. The van der Waals surface area contributed by atoms with Gasteiger partial charge in [-0.15, -0.1) is 0 Å². The zero-order valence-electron chi connectivity index (χ0n) is 9.65. The Labute approximate surface area is 119 Å². The van der Waals surface area contributed by atoms with Crippen molar-refractivity contribution in [3.8, 4) is 0 Å². The van der Waals surface area contributed by atoms with Crippen molar-refractivity contribution in [2.24, 2.45) is 5.73 Å². The molecule has 0 atom stereocenters. The molecule has 0 aliphatic rings. The quantitative estimate of drug-likeness (QED) is 0.812. The van der Waals surface area contributed by atoms with E-state index in [0.29, 0.717) is 21.4 Å². The lowest BCUT2D eigenvalue weighted by atomic mass is 10.2. The number of amides is 1. The number of hydrogen-bond donors (Lipinski definition) is 3. The number of carbonyl (C=O) groups excluding carboxylic acids is 1. The van der Waals surface area contributed by atoms with Crippen molar-refractivity contribution in [1.29, 1.82) is 0 Å². The van der Waals surface area contributed by atoms with E-state index < -0.39 is 5.91 Å². The molecule has 0 unspecified atom stereocenters. The number of nitrogens with zero attached hydrogens (tertiary/aromatic N) is 1. The number of nitrogens with one attached hydrogen (secondary N) is 1. The number of benzene rings is 1. The third kappa shape index (κ3) is 2.89. The molecule has 7 heteroatoms. The van der Waals surface area contributed by atoms with Crippen molar-refractivity contribution >= 4 is 46.3 Å². The van der Waals surface area contributed by atoms with Gasteiger partial charge >= 0.3 is 0 Å². The molecule has 0 aliphatic heterocycles. The number of primary amides is 1. The van der Waals surface area contributed by atoms with Crippen LogP contribution in [0.25, 0.3) is 0 Å². The third-order valence-corrected chi connectivity index (χ3v) is 3.23. The molecule has 0 fully saturated rings. The highest BCUT2D eigenvalue weighted by Gasteiger charge is 2.12. The van der Waals surface area contributed by atoms with Gasteiger partial charge in [0.2, 0.25) is 0 Å². The van der Waals surface area contributed by atoms with E-state index in [0.717, 1.165) is 0 Å². The van der Waals surface area contributed by atoms with Crippen molar-refractivity contribution < 1.29 is 4.79 Å². The Bertz CT molecular complexity index is 646. The van der Waals surface area contributed by atoms with Gasteiger partial charge < -0.3 is 16.8 Å². The minimum Gasteiger partial charge on any atom is -0.384 e. The van der Waals surface area contributed by atoms with Crippen LogP contribution in [-0.4, -0.2) is 10.9 Å². The van der Waals surface area contributed by atoms with Crippen LogP contribution in [0.5, 0.6) is 0 Å². The summed E-state index contributed by atoms with van der Waals surface area (Å²) in [6, 6.07) is 6.50. The fourth-order valence-corrected chi connectivity index (χ4v) is 1.87. The number of nitrogens with two attached hydrogens (primary N) is 2. The highest BCUT2D eigenvalue weighted by Crippen LogP contribution is 2.32. The van der Waals surface area contributed by atoms with Crippen molar-refractivity contribution in [1.82, 2.24) is 4.98 Å². The van der Waals surface area contributed by atoms with Gasteiger partial charge in [0, 0.05) is 0 Å². The first-order chi connectivity index (χ1) is 8.99. The van der Waals surface area contributed by atoms with E-state index in [4.69, 9.17) is 34.7 Å². The molecule has 98 valence electrons. The summed E-state index contributed by atoms with van der Waals surface area (Å²) in [5, 5.41) is 3.70. The second-order valence-electron chi connectivity index (χ2n) is 3.75. The number of hydrogen-bond acceptors (Lipinski definition) is 4. The number of nitrogen functional groups attached to an aromatic ring is 1. The fraction of sp³-hybridized carbons (Fsp3) is 0. The number of anilines is 3. The maximum atomic E-state index is 11.4. The normalized spacial score (nSPS) is 10.2. The molecule has 1 aromatic heterocycles. The molecule has 1 amide bonds. The van der Waals surface area contributed by atoms with E-state index in [1.807, 2.05) is 0 Å². The smallest absolute Gasteiger partial charge is 0.251 e. The monoisotopic (exact) mass is 296 g/mol. The Morgan fingerprint density at radius 1 is 1.26 bits per heavy atom. The van der Waals surface area contributed by atoms with Crippen LogP contribution in [0, 0.1) is 0 Å². The van der Waals surface area contributed by atoms with E-state index in [9.17, 15) is 4.79 Å². The highest BCUT2D eigenvalue weighted by atomic mass is 35.5. The largest absolute Gasteiger partial charge is 0.384 e. The molecule has 19 heavy (non-hydrogen) atoms. The first-order valence-corrected chi connectivity index (χ1v) is 6.01. The molecule has 0 radical (unpaired) electrons. The Balaban J connectivity index is 2.44. The molecule has 0 aliphatic carbocycles. The van der Waals surface area contributed by atoms with Gasteiger partial charge in [-0.05, 0) is 18.2 Å².